The zero-order valence-electron chi connectivity index (χ0n) is 17.4. The topological polar surface area (TPSA) is 86.0 Å². The highest BCUT2D eigenvalue weighted by Gasteiger charge is 2.29. The molecule has 5 rings (SSSR count). The van der Waals surface area contributed by atoms with Crippen LogP contribution in [0.3, 0.4) is 0 Å². The second-order valence-electron chi connectivity index (χ2n) is 7.61. The van der Waals surface area contributed by atoms with Crippen LogP contribution in [0, 0.1) is 0 Å². The molecule has 32 heavy (non-hydrogen) atoms. The number of carbonyl (C=O) groups is 1. The summed E-state index contributed by atoms with van der Waals surface area (Å²) >= 11 is 0. The number of pyridine rings is 1. The number of amides is 1. The van der Waals surface area contributed by atoms with E-state index in [1.807, 2.05) is 47.5 Å². The van der Waals surface area contributed by atoms with Gasteiger partial charge < -0.3 is 9.64 Å². The minimum absolute atomic E-state index is 0.0383. The zero-order valence-corrected chi connectivity index (χ0v) is 17.4. The van der Waals surface area contributed by atoms with Gasteiger partial charge in [-0.25, -0.2) is 14.6 Å². The number of ether oxygens (including phenoxy) is 1. The predicted molar refractivity (Wildman–Crippen MR) is 118 cm³/mol. The fourth-order valence-corrected chi connectivity index (χ4v) is 3.91. The molecule has 0 spiro atoms. The second-order valence-corrected chi connectivity index (χ2v) is 7.61. The molecule has 1 aliphatic heterocycles. The van der Waals surface area contributed by atoms with Gasteiger partial charge in [-0.2, -0.15) is 5.10 Å². The number of hydrogen-bond acceptors (Lipinski definition) is 6. The minimum Gasteiger partial charge on any atom is -0.437 e. The highest BCUT2D eigenvalue weighted by Crippen LogP contribution is 2.33. The predicted octanol–water partition coefficient (Wildman–Crippen LogP) is 3.87. The molecule has 4 heterocycles. The summed E-state index contributed by atoms with van der Waals surface area (Å²) in [5.41, 5.74) is 1.34. The van der Waals surface area contributed by atoms with Crippen molar-refractivity contribution in [3.05, 3.63) is 90.8 Å². The van der Waals surface area contributed by atoms with E-state index in [1.165, 1.54) is 0 Å². The van der Waals surface area contributed by atoms with Crippen molar-refractivity contribution in [2.45, 2.75) is 18.8 Å². The van der Waals surface area contributed by atoms with Gasteiger partial charge in [0.1, 0.15) is 11.4 Å². The molecule has 0 unspecified atom stereocenters. The first kappa shape index (κ1) is 19.9. The Kier molecular flexibility index (Phi) is 5.57. The lowest BCUT2D eigenvalue weighted by Crippen LogP contribution is -2.39. The summed E-state index contributed by atoms with van der Waals surface area (Å²) in [4.78, 5) is 28.4. The van der Waals surface area contributed by atoms with Crippen molar-refractivity contribution in [3.8, 4) is 17.4 Å². The Balaban J connectivity index is 1.32. The Morgan fingerprint density at radius 1 is 0.969 bits per heavy atom. The molecular weight excluding hydrogens is 404 g/mol. The average molecular weight is 426 g/mol. The first-order chi connectivity index (χ1) is 15.8. The number of para-hydroxylation sites is 1. The summed E-state index contributed by atoms with van der Waals surface area (Å²) in [7, 11) is 0. The third kappa shape index (κ3) is 4.20. The van der Waals surface area contributed by atoms with E-state index < -0.39 is 0 Å². The quantitative estimate of drug-likeness (QED) is 0.482. The minimum atomic E-state index is -0.0383. The van der Waals surface area contributed by atoms with Crippen molar-refractivity contribution in [2.75, 3.05) is 13.1 Å². The molecule has 8 heteroatoms. The van der Waals surface area contributed by atoms with Gasteiger partial charge in [-0.15, -0.1) is 0 Å². The largest absolute Gasteiger partial charge is 0.437 e. The summed E-state index contributed by atoms with van der Waals surface area (Å²) in [6.45, 7) is 1.26. The number of aromatic nitrogens is 5. The van der Waals surface area contributed by atoms with Crippen molar-refractivity contribution < 1.29 is 9.53 Å². The van der Waals surface area contributed by atoms with Gasteiger partial charge >= 0.3 is 0 Å². The van der Waals surface area contributed by atoms with E-state index in [4.69, 9.17) is 4.74 Å². The van der Waals surface area contributed by atoms with E-state index in [2.05, 4.69) is 20.1 Å². The smallest absolute Gasteiger partial charge is 0.255 e. The lowest BCUT2D eigenvalue weighted by molar-refractivity contribution is 0.0704. The number of hydrogen-bond donors (Lipinski definition) is 0. The van der Waals surface area contributed by atoms with Gasteiger partial charge in [0, 0.05) is 50.0 Å². The monoisotopic (exact) mass is 426 g/mol. The molecule has 1 aliphatic rings. The number of likely N-dealkylation sites (tertiary alicyclic amines) is 1. The number of piperidine rings is 1. The van der Waals surface area contributed by atoms with Crippen molar-refractivity contribution >= 4 is 5.91 Å². The maximum atomic E-state index is 13.1. The highest BCUT2D eigenvalue weighted by molar-refractivity contribution is 5.94. The van der Waals surface area contributed by atoms with Crippen molar-refractivity contribution in [3.63, 3.8) is 0 Å². The molecule has 8 nitrogen and oxygen atoms in total. The van der Waals surface area contributed by atoms with E-state index in [9.17, 15) is 4.79 Å². The van der Waals surface area contributed by atoms with E-state index in [1.54, 1.807) is 41.6 Å². The molecule has 0 saturated carbocycles. The molecule has 1 atom stereocenters. The summed E-state index contributed by atoms with van der Waals surface area (Å²) < 4.78 is 7.66. The number of benzene rings is 1. The SMILES string of the molecule is O=C(c1ccc(-n2cccn2)nc1)N1CCC[C@H](c2nccnc2Oc2ccccc2)C1. The maximum Gasteiger partial charge on any atom is 0.255 e. The lowest BCUT2D eigenvalue weighted by atomic mass is 9.94. The summed E-state index contributed by atoms with van der Waals surface area (Å²) in [6, 6.07) is 15.0. The number of rotatable bonds is 5. The Morgan fingerprint density at radius 3 is 2.62 bits per heavy atom. The number of carbonyl (C=O) groups excluding carboxylic acids is 1. The normalized spacial score (nSPS) is 16.0. The van der Waals surface area contributed by atoms with Crippen LogP contribution in [0.15, 0.2) is 79.5 Å². The van der Waals surface area contributed by atoms with Crippen LogP contribution in [0.2, 0.25) is 0 Å². The molecule has 1 fully saturated rings. The second kappa shape index (κ2) is 8.97. The van der Waals surface area contributed by atoms with Crippen LogP contribution in [-0.4, -0.2) is 48.6 Å². The molecular formula is C24H22N6O2. The van der Waals surface area contributed by atoms with Crippen LogP contribution in [0.5, 0.6) is 11.6 Å². The molecule has 3 aromatic heterocycles. The first-order valence-corrected chi connectivity index (χ1v) is 10.6. The van der Waals surface area contributed by atoms with E-state index in [0.717, 1.165) is 18.5 Å². The van der Waals surface area contributed by atoms with Gasteiger partial charge in [-0.05, 0) is 43.2 Å². The summed E-state index contributed by atoms with van der Waals surface area (Å²) in [5.74, 6) is 1.88. The van der Waals surface area contributed by atoms with Crippen LogP contribution in [0.25, 0.3) is 5.82 Å². The van der Waals surface area contributed by atoms with Crippen molar-refractivity contribution in [1.29, 1.82) is 0 Å². The number of nitrogens with zero attached hydrogens (tertiary/aromatic N) is 6. The van der Waals surface area contributed by atoms with Crippen molar-refractivity contribution in [1.82, 2.24) is 29.6 Å². The van der Waals surface area contributed by atoms with Gasteiger partial charge in [0.2, 0.25) is 5.88 Å². The van der Waals surface area contributed by atoms with Crippen molar-refractivity contribution in [2.24, 2.45) is 0 Å². The van der Waals surface area contributed by atoms with Gasteiger partial charge in [-0.3, -0.25) is 9.78 Å². The molecule has 1 amide bonds. The van der Waals surface area contributed by atoms with Gasteiger partial charge in [0.25, 0.3) is 5.91 Å². The lowest BCUT2D eigenvalue weighted by Gasteiger charge is -2.32. The molecule has 0 bridgehead atoms. The Bertz CT molecular complexity index is 1180. The standard InChI is InChI=1S/C24H22N6O2/c31-24(18-9-10-21(27-16-18)30-15-5-11-28-30)29-14-4-6-19(17-29)22-23(26-13-12-25-22)32-20-7-2-1-3-8-20/h1-3,5,7-13,15-16,19H,4,6,14,17H2/t19-/m0/s1. The summed E-state index contributed by atoms with van der Waals surface area (Å²) in [5, 5.41) is 4.17. The molecule has 0 aliphatic carbocycles. The van der Waals surface area contributed by atoms with Crippen LogP contribution in [0.4, 0.5) is 0 Å². The van der Waals surface area contributed by atoms with Crippen LogP contribution in [0.1, 0.15) is 34.8 Å². The van der Waals surface area contributed by atoms with Crippen LogP contribution >= 0.6 is 0 Å². The molecule has 0 N–H and O–H groups in total. The molecule has 160 valence electrons. The molecule has 4 aromatic rings. The zero-order chi connectivity index (χ0) is 21.8. The first-order valence-electron chi connectivity index (χ1n) is 10.6. The maximum absolute atomic E-state index is 13.1. The van der Waals surface area contributed by atoms with Gasteiger partial charge in [-0.1, -0.05) is 18.2 Å². The van der Waals surface area contributed by atoms with Gasteiger partial charge in [0.05, 0.1) is 5.56 Å². The third-order valence-corrected chi connectivity index (χ3v) is 5.48. The fraction of sp³-hybridized carbons (Fsp3) is 0.208. The Hall–Kier alpha value is -4.07. The fourth-order valence-electron chi connectivity index (χ4n) is 3.91. The van der Waals surface area contributed by atoms with Gasteiger partial charge in [0.15, 0.2) is 5.82 Å². The van der Waals surface area contributed by atoms with E-state index in [-0.39, 0.29) is 11.8 Å². The third-order valence-electron chi connectivity index (χ3n) is 5.48. The average Bonchev–Trinajstić information content (AvgIpc) is 3.40. The highest BCUT2D eigenvalue weighted by atomic mass is 16.5. The van der Waals surface area contributed by atoms with Crippen LogP contribution < -0.4 is 4.74 Å². The summed E-state index contributed by atoms with van der Waals surface area (Å²) in [6.07, 6.45) is 10.2. The van der Waals surface area contributed by atoms with Crippen LogP contribution in [-0.2, 0) is 0 Å². The molecule has 1 saturated heterocycles. The van der Waals surface area contributed by atoms with E-state index in [0.29, 0.717) is 36.1 Å². The molecule has 1 aromatic carbocycles. The Labute approximate surface area is 185 Å². The van der Waals surface area contributed by atoms with E-state index >= 15 is 0 Å². The Morgan fingerprint density at radius 2 is 1.84 bits per heavy atom. The molecule has 0 radical (unpaired) electrons.